The number of para-hydroxylation sites is 2. The van der Waals surface area contributed by atoms with E-state index in [4.69, 9.17) is 4.74 Å². The van der Waals surface area contributed by atoms with Gasteiger partial charge in [-0.05, 0) is 103 Å². The largest absolute Gasteiger partial charge is 0.458 e. The van der Waals surface area contributed by atoms with Crippen LogP contribution in [-0.4, -0.2) is 15.5 Å². The second-order valence-electron chi connectivity index (χ2n) is 13.1. The van der Waals surface area contributed by atoms with Gasteiger partial charge in [-0.1, -0.05) is 68.5 Å². The van der Waals surface area contributed by atoms with Crippen LogP contribution in [0.5, 0.6) is 0 Å². The maximum Gasteiger partial charge on any atom is 0.147 e. The molecule has 9 rings (SSSR count). The summed E-state index contributed by atoms with van der Waals surface area (Å²) >= 11 is 0. The highest BCUT2D eigenvalue weighted by Crippen LogP contribution is 2.58. The van der Waals surface area contributed by atoms with Crippen LogP contribution < -0.4 is 0 Å². The quantitative estimate of drug-likeness (QED) is 0.317. The summed E-state index contributed by atoms with van der Waals surface area (Å²) in [4.78, 5) is 2.67. The average molecular weight is 549 g/mol. The van der Waals surface area contributed by atoms with Gasteiger partial charge in [0.25, 0.3) is 0 Å². The summed E-state index contributed by atoms with van der Waals surface area (Å²) in [6, 6.07) is 20.0. The van der Waals surface area contributed by atoms with Crippen LogP contribution in [0.3, 0.4) is 0 Å². The van der Waals surface area contributed by atoms with Gasteiger partial charge in [0, 0.05) is 33.9 Å². The number of hydrogen-bond acceptors (Lipinski definition) is 2. The number of nitrogens with zero attached hydrogens (tertiary/aromatic N) is 2. The Morgan fingerprint density at radius 3 is 2.64 bits per heavy atom. The first-order chi connectivity index (χ1) is 20.6. The molecule has 2 atom stereocenters. The topological polar surface area (TPSA) is 17.4 Å². The van der Waals surface area contributed by atoms with E-state index in [2.05, 4.69) is 120 Å². The van der Waals surface area contributed by atoms with Crippen LogP contribution in [0.1, 0.15) is 57.2 Å². The fourth-order valence-electron chi connectivity index (χ4n) is 8.58. The molecule has 0 N–H and O–H groups in total. The first-order valence-corrected chi connectivity index (χ1v) is 15.7. The van der Waals surface area contributed by atoms with Crippen molar-refractivity contribution in [3.8, 4) is 5.69 Å². The lowest BCUT2D eigenvalue weighted by atomic mass is 9.61. The Bertz CT molecular complexity index is 1880. The van der Waals surface area contributed by atoms with Crippen molar-refractivity contribution >= 4 is 17.0 Å². The van der Waals surface area contributed by atoms with Crippen molar-refractivity contribution in [3.05, 3.63) is 142 Å². The Labute approximate surface area is 248 Å². The van der Waals surface area contributed by atoms with Crippen molar-refractivity contribution in [2.75, 3.05) is 0 Å². The van der Waals surface area contributed by atoms with E-state index in [9.17, 15) is 0 Å². The molecule has 0 amide bonds. The highest BCUT2D eigenvalue weighted by Gasteiger charge is 2.51. The zero-order chi connectivity index (χ0) is 28.0. The molecule has 0 radical (unpaired) electrons. The van der Waals surface area contributed by atoms with Crippen molar-refractivity contribution in [1.82, 2.24) is 9.47 Å². The van der Waals surface area contributed by atoms with Gasteiger partial charge in [-0.15, -0.1) is 0 Å². The molecular weight excluding hydrogens is 512 g/mol. The SMILES string of the molecule is CC1(C)C2=C(C=CCC2)N2C3=C(C=C(C4=Cc5c(n(-c6ccccc6)c6ccccc56)CC4)CC31)OC1=CC=CCC12. The van der Waals surface area contributed by atoms with Gasteiger partial charge < -0.3 is 14.2 Å². The molecule has 3 aromatic rings. The molecule has 1 aromatic heterocycles. The summed E-state index contributed by atoms with van der Waals surface area (Å²) in [6.07, 6.45) is 22.8. The highest BCUT2D eigenvalue weighted by molar-refractivity contribution is 5.94. The van der Waals surface area contributed by atoms with Crippen LogP contribution in [0.4, 0.5) is 0 Å². The minimum absolute atomic E-state index is 0.0789. The molecule has 208 valence electrons. The van der Waals surface area contributed by atoms with Gasteiger partial charge in [0.1, 0.15) is 11.5 Å². The van der Waals surface area contributed by atoms with Crippen LogP contribution in [0.25, 0.3) is 22.7 Å². The van der Waals surface area contributed by atoms with Crippen molar-refractivity contribution in [2.24, 2.45) is 11.3 Å². The molecule has 2 aliphatic heterocycles. The number of rotatable bonds is 2. The third kappa shape index (κ3) is 3.34. The minimum Gasteiger partial charge on any atom is -0.458 e. The third-order valence-electron chi connectivity index (χ3n) is 10.6. The van der Waals surface area contributed by atoms with E-state index in [0.29, 0.717) is 5.92 Å². The number of fused-ring (bicyclic) bond motifs is 6. The van der Waals surface area contributed by atoms with Gasteiger partial charge in [-0.2, -0.15) is 0 Å². The van der Waals surface area contributed by atoms with E-state index in [0.717, 1.165) is 50.0 Å². The molecule has 2 unspecified atom stereocenters. The molecule has 3 heterocycles. The first kappa shape index (κ1) is 24.4. The predicted molar refractivity (Wildman–Crippen MR) is 171 cm³/mol. The second kappa shape index (κ2) is 8.88. The lowest BCUT2D eigenvalue weighted by molar-refractivity contribution is 0.104. The lowest BCUT2D eigenvalue weighted by Gasteiger charge is -2.55. The van der Waals surface area contributed by atoms with E-state index in [1.54, 1.807) is 5.57 Å². The predicted octanol–water partition coefficient (Wildman–Crippen LogP) is 9.31. The van der Waals surface area contributed by atoms with Crippen LogP contribution in [0, 0.1) is 11.3 Å². The third-order valence-corrected chi connectivity index (χ3v) is 10.6. The van der Waals surface area contributed by atoms with Crippen molar-refractivity contribution in [3.63, 3.8) is 0 Å². The molecule has 0 fully saturated rings. The smallest absolute Gasteiger partial charge is 0.147 e. The van der Waals surface area contributed by atoms with Gasteiger partial charge in [-0.25, -0.2) is 0 Å². The molecule has 3 heteroatoms. The Morgan fingerprint density at radius 2 is 1.74 bits per heavy atom. The summed E-state index contributed by atoms with van der Waals surface area (Å²) in [5, 5.41) is 1.34. The normalized spacial score (nSPS) is 25.2. The van der Waals surface area contributed by atoms with Crippen LogP contribution in [0.2, 0.25) is 0 Å². The van der Waals surface area contributed by atoms with Gasteiger partial charge in [0.05, 0.1) is 17.3 Å². The Morgan fingerprint density at radius 1 is 0.881 bits per heavy atom. The van der Waals surface area contributed by atoms with Crippen molar-refractivity contribution in [1.29, 1.82) is 0 Å². The summed E-state index contributed by atoms with van der Waals surface area (Å²) < 4.78 is 9.30. The minimum atomic E-state index is 0.0789. The summed E-state index contributed by atoms with van der Waals surface area (Å²) in [5.74, 6) is 2.55. The molecule has 42 heavy (non-hydrogen) atoms. The molecule has 3 nitrogen and oxygen atoms in total. The Kier molecular flexibility index (Phi) is 5.15. The van der Waals surface area contributed by atoms with Crippen molar-refractivity contribution in [2.45, 2.75) is 58.4 Å². The fraction of sp³-hybridized carbons (Fsp3) is 0.282. The number of benzene rings is 2. The molecule has 2 aromatic carbocycles. The zero-order valence-electron chi connectivity index (χ0n) is 24.4. The number of ether oxygens (including phenoxy) is 1. The Hall–Kier alpha value is -4.24. The first-order valence-electron chi connectivity index (χ1n) is 15.7. The van der Waals surface area contributed by atoms with Crippen LogP contribution in [-0.2, 0) is 11.2 Å². The maximum atomic E-state index is 6.82. The van der Waals surface area contributed by atoms with E-state index >= 15 is 0 Å². The fourth-order valence-corrected chi connectivity index (χ4v) is 8.58. The van der Waals surface area contributed by atoms with E-state index in [1.165, 1.54) is 50.4 Å². The molecular formula is C39H36N2O. The summed E-state index contributed by atoms with van der Waals surface area (Å²) in [5.41, 5.74) is 12.8. The molecule has 6 aliphatic rings. The molecule has 0 bridgehead atoms. The van der Waals surface area contributed by atoms with Gasteiger partial charge in [0.2, 0.25) is 0 Å². The molecule has 4 aliphatic carbocycles. The number of aromatic nitrogens is 1. The Balaban J connectivity index is 1.21. The van der Waals surface area contributed by atoms with Crippen LogP contribution in [0.15, 0.2) is 131 Å². The maximum absolute atomic E-state index is 6.82. The van der Waals surface area contributed by atoms with Gasteiger partial charge in [-0.3, -0.25) is 0 Å². The van der Waals surface area contributed by atoms with Gasteiger partial charge >= 0.3 is 0 Å². The lowest BCUT2D eigenvalue weighted by Crippen LogP contribution is -2.51. The van der Waals surface area contributed by atoms with Gasteiger partial charge in [0.15, 0.2) is 0 Å². The molecule has 0 saturated carbocycles. The summed E-state index contributed by atoms with van der Waals surface area (Å²) in [6.45, 7) is 4.98. The zero-order valence-corrected chi connectivity index (χ0v) is 24.4. The standard InChI is InChI=1S/C39H36N2O/c1-39(2)30-15-7-9-17-34(30)41-35-18-10-11-19-36(35)42-37-24-26(23-31(39)38(37)41)25-20-21-33-29(22-25)28-14-6-8-16-32(28)40(33)27-12-4-3-5-13-27/h3-6,8-14,16-17,19,22,24,31,35H,7,15,18,20-21,23H2,1-2H3. The molecule has 0 spiro atoms. The van der Waals surface area contributed by atoms with E-state index in [-0.39, 0.29) is 11.5 Å². The van der Waals surface area contributed by atoms with Crippen molar-refractivity contribution < 1.29 is 4.74 Å². The molecule has 0 saturated heterocycles. The van der Waals surface area contributed by atoms with E-state index in [1.807, 2.05) is 0 Å². The number of allylic oxidation sites excluding steroid dienone is 9. The number of hydrogen-bond donors (Lipinski definition) is 0. The van der Waals surface area contributed by atoms with Crippen LogP contribution >= 0.6 is 0 Å². The monoisotopic (exact) mass is 548 g/mol. The van der Waals surface area contributed by atoms with E-state index < -0.39 is 0 Å². The summed E-state index contributed by atoms with van der Waals surface area (Å²) in [7, 11) is 0. The average Bonchev–Trinajstić information content (AvgIpc) is 3.37. The highest BCUT2D eigenvalue weighted by atomic mass is 16.5. The second-order valence-corrected chi connectivity index (χ2v) is 13.1.